The zero-order valence-electron chi connectivity index (χ0n) is 8.74. The minimum absolute atomic E-state index is 0.214. The van der Waals surface area contributed by atoms with Gasteiger partial charge in [0.2, 0.25) is 0 Å². The first-order valence-electron chi connectivity index (χ1n) is 5.40. The fraction of sp³-hybridized carbons (Fsp3) is 0.500. The largest absolute Gasteiger partial charge is 0.393 e. The maximum absolute atomic E-state index is 10.0. The zero-order valence-corrected chi connectivity index (χ0v) is 8.74. The molecule has 2 fully saturated rings. The Labute approximate surface area is 93.4 Å². The molecule has 2 aliphatic rings. The molecule has 2 aliphatic heterocycles. The van der Waals surface area contributed by atoms with E-state index >= 15 is 0 Å². The van der Waals surface area contributed by atoms with E-state index < -0.39 is 11.7 Å². The first-order valence-corrected chi connectivity index (χ1v) is 5.40. The standard InChI is InChI=1S/C12H14O4/c13-6-12-7-15-10(11(12)14)9(16-12)8-4-2-1-3-5-8/h1-5,9-11,13-14H,6-7H2. The molecule has 4 heteroatoms. The van der Waals surface area contributed by atoms with Gasteiger partial charge < -0.3 is 19.7 Å². The quantitative estimate of drug-likeness (QED) is 0.753. The summed E-state index contributed by atoms with van der Waals surface area (Å²) in [6.45, 7) is 0.0483. The second-order valence-corrected chi connectivity index (χ2v) is 4.39. The molecule has 2 bridgehead atoms. The number of benzene rings is 1. The summed E-state index contributed by atoms with van der Waals surface area (Å²) in [4.78, 5) is 0. The van der Waals surface area contributed by atoms with Crippen LogP contribution in [0.15, 0.2) is 30.3 Å². The van der Waals surface area contributed by atoms with E-state index in [1.54, 1.807) is 0 Å². The third kappa shape index (κ3) is 1.25. The number of rotatable bonds is 2. The van der Waals surface area contributed by atoms with Gasteiger partial charge in [0.1, 0.15) is 23.9 Å². The van der Waals surface area contributed by atoms with Crippen molar-refractivity contribution >= 4 is 0 Å². The molecule has 2 saturated heterocycles. The lowest BCUT2D eigenvalue weighted by Gasteiger charge is -2.29. The normalized spacial score (nSPS) is 41.5. The number of aliphatic hydroxyl groups excluding tert-OH is 2. The van der Waals surface area contributed by atoms with Crippen molar-refractivity contribution in [3.8, 4) is 0 Å². The van der Waals surface area contributed by atoms with Gasteiger partial charge in [0, 0.05) is 0 Å². The molecular formula is C12H14O4. The summed E-state index contributed by atoms with van der Waals surface area (Å²) in [6.07, 6.45) is -1.39. The van der Waals surface area contributed by atoms with Gasteiger partial charge in [-0.15, -0.1) is 0 Å². The van der Waals surface area contributed by atoms with E-state index in [-0.39, 0.29) is 25.4 Å². The molecule has 2 heterocycles. The molecule has 2 N–H and O–H groups in total. The second kappa shape index (κ2) is 3.53. The Balaban J connectivity index is 1.92. The second-order valence-electron chi connectivity index (χ2n) is 4.39. The first-order chi connectivity index (χ1) is 7.77. The molecule has 16 heavy (non-hydrogen) atoms. The lowest BCUT2D eigenvalue weighted by molar-refractivity contribution is -0.163. The van der Waals surface area contributed by atoms with Gasteiger partial charge in [0.25, 0.3) is 0 Å². The topological polar surface area (TPSA) is 58.9 Å². The van der Waals surface area contributed by atoms with Crippen LogP contribution in [-0.4, -0.2) is 41.2 Å². The van der Waals surface area contributed by atoms with Gasteiger partial charge >= 0.3 is 0 Å². The molecule has 0 amide bonds. The maximum atomic E-state index is 10.0. The molecule has 4 unspecified atom stereocenters. The molecular weight excluding hydrogens is 208 g/mol. The minimum Gasteiger partial charge on any atom is -0.393 e. The van der Waals surface area contributed by atoms with Crippen molar-refractivity contribution < 1.29 is 19.7 Å². The van der Waals surface area contributed by atoms with Crippen molar-refractivity contribution in [1.82, 2.24) is 0 Å². The van der Waals surface area contributed by atoms with Crippen LogP contribution in [0, 0.1) is 0 Å². The van der Waals surface area contributed by atoms with Gasteiger partial charge in [-0.1, -0.05) is 30.3 Å². The highest BCUT2D eigenvalue weighted by Crippen LogP contribution is 2.46. The third-order valence-corrected chi connectivity index (χ3v) is 3.43. The van der Waals surface area contributed by atoms with Crippen LogP contribution in [0.1, 0.15) is 11.7 Å². The summed E-state index contributed by atoms with van der Waals surface area (Å²) in [7, 11) is 0. The van der Waals surface area contributed by atoms with Gasteiger partial charge in [-0.25, -0.2) is 0 Å². The molecule has 0 spiro atoms. The summed E-state index contributed by atoms with van der Waals surface area (Å²) >= 11 is 0. The SMILES string of the molecule is OCC12COC(C(c3ccccc3)O1)C2O. The molecule has 0 aliphatic carbocycles. The van der Waals surface area contributed by atoms with Crippen molar-refractivity contribution in [1.29, 1.82) is 0 Å². The Hall–Kier alpha value is -0.940. The molecule has 4 atom stereocenters. The average Bonchev–Trinajstić information content (AvgIpc) is 2.82. The van der Waals surface area contributed by atoms with E-state index in [1.165, 1.54) is 0 Å². The van der Waals surface area contributed by atoms with E-state index in [4.69, 9.17) is 9.47 Å². The van der Waals surface area contributed by atoms with Crippen molar-refractivity contribution in [2.24, 2.45) is 0 Å². The van der Waals surface area contributed by atoms with Crippen LogP contribution in [-0.2, 0) is 9.47 Å². The van der Waals surface area contributed by atoms with Crippen molar-refractivity contribution in [2.45, 2.75) is 23.9 Å². The van der Waals surface area contributed by atoms with Crippen LogP contribution in [0.4, 0.5) is 0 Å². The molecule has 0 radical (unpaired) electrons. The monoisotopic (exact) mass is 222 g/mol. The highest BCUT2D eigenvalue weighted by atomic mass is 16.6. The summed E-state index contributed by atoms with van der Waals surface area (Å²) in [6, 6.07) is 9.64. The third-order valence-electron chi connectivity index (χ3n) is 3.43. The number of ether oxygens (including phenoxy) is 2. The molecule has 4 nitrogen and oxygen atoms in total. The Morgan fingerprint density at radius 1 is 1.31 bits per heavy atom. The van der Waals surface area contributed by atoms with Gasteiger partial charge in [-0.3, -0.25) is 0 Å². The molecule has 1 aromatic carbocycles. The lowest BCUT2D eigenvalue weighted by Crippen LogP contribution is -2.43. The zero-order chi connectivity index (χ0) is 11.2. The van der Waals surface area contributed by atoms with Crippen molar-refractivity contribution in [2.75, 3.05) is 13.2 Å². The van der Waals surface area contributed by atoms with Crippen LogP contribution in [0.2, 0.25) is 0 Å². The molecule has 0 aromatic heterocycles. The predicted octanol–water partition coefficient (Wildman–Crippen LogP) is 0.249. The smallest absolute Gasteiger partial charge is 0.144 e. The number of hydrogen-bond donors (Lipinski definition) is 2. The van der Waals surface area contributed by atoms with Crippen molar-refractivity contribution in [3.63, 3.8) is 0 Å². The van der Waals surface area contributed by atoms with E-state index in [2.05, 4.69) is 0 Å². The van der Waals surface area contributed by atoms with Crippen LogP contribution in [0.3, 0.4) is 0 Å². The first kappa shape index (κ1) is 10.2. The molecule has 0 saturated carbocycles. The number of fused-ring (bicyclic) bond motifs is 2. The van der Waals surface area contributed by atoms with Gasteiger partial charge in [-0.2, -0.15) is 0 Å². The van der Waals surface area contributed by atoms with Crippen LogP contribution < -0.4 is 0 Å². The van der Waals surface area contributed by atoms with Gasteiger partial charge in [-0.05, 0) is 5.56 Å². The summed E-state index contributed by atoms with van der Waals surface area (Å²) in [5, 5.41) is 19.3. The lowest BCUT2D eigenvalue weighted by atomic mass is 9.98. The highest BCUT2D eigenvalue weighted by Gasteiger charge is 2.60. The van der Waals surface area contributed by atoms with E-state index in [1.807, 2.05) is 30.3 Å². The van der Waals surface area contributed by atoms with Crippen molar-refractivity contribution in [3.05, 3.63) is 35.9 Å². The van der Waals surface area contributed by atoms with Crippen LogP contribution in [0.5, 0.6) is 0 Å². The summed E-state index contributed by atoms with van der Waals surface area (Å²) < 4.78 is 11.3. The van der Waals surface area contributed by atoms with Crippen LogP contribution in [0.25, 0.3) is 0 Å². The highest BCUT2D eigenvalue weighted by molar-refractivity contribution is 5.23. The Morgan fingerprint density at radius 2 is 2.06 bits per heavy atom. The van der Waals surface area contributed by atoms with E-state index in [0.29, 0.717) is 0 Å². The van der Waals surface area contributed by atoms with E-state index in [0.717, 1.165) is 5.56 Å². The number of hydrogen-bond acceptors (Lipinski definition) is 4. The van der Waals surface area contributed by atoms with Gasteiger partial charge in [0.05, 0.1) is 13.2 Å². The minimum atomic E-state index is -0.925. The van der Waals surface area contributed by atoms with Gasteiger partial charge in [0.15, 0.2) is 0 Å². The number of aliphatic hydroxyl groups is 2. The summed E-state index contributed by atoms with van der Waals surface area (Å²) in [5.74, 6) is 0. The fourth-order valence-corrected chi connectivity index (χ4v) is 2.47. The fourth-order valence-electron chi connectivity index (χ4n) is 2.47. The van der Waals surface area contributed by atoms with E-state index in [9.17, 15) is 10.2 Å². The molecule has 1 aromatic rings. The average molecular weight is 222 g/mol. The Morgan fingerprint density at radius 3 is 2.69 bits per heavy atom. The predicted molar refractivity (Wildman–Crippen MR) is 55.8 cm³/mol. The van der Waals surface area contributed by atoms with Crippen LogP contribution >= 0.6 is 0 Å². The molecule has 3 rings (SSSR count). The Bertz CT molecular complexity index is 380. The Kier molecular flexibility index (Phi) is 2.26. The molecule has 86 valence electrons. The maximum Gasteiger partial charge on any atom is 0.144 e. The summed E-state index contributed by atoms with van der Waals surface area (Å²) in [5.41, 5.74) is 0.0483.